The lowest BCUT2D eigenvalue weighted by Crippen LogP contribution is -2.41. The van der Waals surface area contributed by atoms with Crippen molar-refractivity contribution in [3.8, 4) is 6.07 Å². The zero-order chi connectivity index (χ0) is 50.2. The number of hydrogen-bond donors (Lipinski definition) is 1. The summed E-state index contributed by atoms with van der Waals surface area (Å²) < 4.78 is 29.2. The highest BCUT2D eigenvalue weighted by Crippen LogP contribution is 2.50. The first-order valence-corrected chi connectivity index (χ1v) is 28.3. The summed E-state index contributed by atoms with van der Waals surface area (Å²) in [7, 11) is -0.135. The van der Waals surface area contributed by atoms with Crippen molar-refractivity contribution in [2.45, 2.75) is 252 Å². The van der Waals surface area contributed by atoms with E-state index in [-0.39, 0.29) is 31.7 Å². The number of ether oxygens (including phenoxy) is 2. The van der Waals surface area contributed by atoms with Gasteiger partial charge in [0.25, 0.3) is 14.1 Å². The van der Waals surface area contributed by atoms with Crippen molar-refractivity contribution >= 4 is 14.2 Å². The van der Waals surface area contributed by atoms with E-state index in [0.717, 1.165) is 69.9 Å². The molecule has 1 aliphatic rings. The first kappa shape index (κ1) is 61.9. The van der Waals surface area contributed by atoms with Gasteiger partial charge >= 0.3 is 5.69 Å². The molecule has 1 aromatic heterocycles. The Kier molecular flexibility index (Phi) is 37.2. The standard InChI is InChI=1S/C56H96N5O7P/c1-8-10-12-14-16-18-20-22-24-26-28-30-32-34-36-38-41-50(42-39-37-35-33-31-29-27-25-23-21-19-17-15-13-11-9-2)59-65-47-51-53(68-69(66-46-40-44-57)61(48(3)4)49(5)6)54(64-7)55(67-51)60-45-43-52(62)58-56(60)63/h16-19,22-25,43,45,48-49,51,53-55H,8-15,20-21,26-42,46-47H2,1-7H3,(H,58,62,63)/b18-16-,19-17-,24-22-,25-23-/t51-,53?,54?,55-,69?/m1/s1. The number of hydrogen-bond acceptors (Lipinski definition) is 10. The minimum absolute atomic E-state index is 0.0563. The van der Waals surface area contributed by atoms with Gasteiger partial charge in [-0.3, -0.25) is 14.3 Å². The second kappa shape index (κ2) is 41.4. The number of rotatable bonds is 43. The molecule has 0 saturated carbocycles. The van der Waals surface area contributed by atoms with Crippen molar-refractivity contribution in [3.63, 3.8) is 0 Å². The maximum absolute atomic E-state index is 13.1. The van der Waals surface area contributed by atoms with Crippen LogP contribution in [0.1, 0.15) is 221 Å². The van der Waals surface area contributed by atoms with Crippen molar-refractivity contribution in [2.24, 2.45) is 5.16 Å². The van der Waals surface area contributed by atoms with Crippen LogP contribution in [0.2, 0.25) is 0 Å². The third-order valence-corrected chi connectivity index (χ3v) is 14.4. The van der Waals surface area contributed by atoms with E-state index in [9.17, 15) is 14.9 Å². The Balaban J connectivity index is 2.08. The molecule has 13 heteroatoms. The second-order valence-corrected chi connectivity index (χ2v) is 20.4. The van der Waals surface area contributed by atoms with Gasteiger partial charge in [0.15, 0.2) is 6.23 Å². The molecule has 0 amide bonds. The minimum Gasteiger partial charge on any atom is -0.393 e. The average Bonchev–Trinajstić information content (AvgIpc) is 3.66. The fraction of sp³-hybridized carbons (Fsp3) is 0.750. The summed E-state index contributed by atoms with van der Waals surface area (Å²) in [6.07, 6.45) is 47.7. The van der Waals surface area contributed by atoms with Crippen LogP contribution in [0.4, 0.5) is 0 Å². The Morgan fingerprint density at radius 3 is 1.71 bits per heavy atom. The summed E-state index contributed by atoms with van der Waals surface area (Å²) in [5.41, 5.74) is -0.0595. The number of oxime groups is 1. The lowest BCUT2D eigenvalue weighted by Gasteiger charge is -2.38. The maximum atomic E-state index is 13.1. The molecule has 1 aliphatic heterocycles. The summed E-state index contributed by atoms with van der Waals surface area (Å²) >= 11 is 0. The van der Waals surface area contributed by atoms with Gasteiger partial charge in [-0.1, -0.05) is 145 Å². The van der Waals surface area contributed by atoms with Crippen molar-refractivity contribution in [1.82, 2.24) is 14.2 Å². The molecular formula is C56H96N5O7P. The first-order valence-electron chi connectivity index (χ1n) is 27.2. The third kappa shape index (κ3) is 28.5. The molecule has 5 atom stereocenters. The number of H-pyrrole nitrogens is 1. The van der Waals surface area contributed by atoms with Crippen LogP contribution in [0.3, 0.4) is 0 Å². The Morgan fingerprint density at radius 1 is 0.754 bits per heavy atom. The van der Waals surface area contributed by atoms with Gasteiger partial charge in [0.1, 0.15) is 24.9 Å². The van der Waals surface area contributed by atoms with E-state index in [2.05, 4.69) is 106 Å². The van der Waals surface area contributed by atoms with E-state index in [1.54, 1.807) is 7.11 Å². The summed E-state index contributed by atoms with van der Waals surface area (Å²) in [4.78, 5) is 33.6. The Morgan fingerprint density at radius 2 is 1.25 bits per heavy atom. The number of aromatic amines is 1. The number of nitriles is 1. The fourth-order valence-corrected chi connectivity index (χ4v) is 10.3. The lowest BCUT2D eigenvalue weighted by molar-refractivity contribution is -0.0717. The smallest absolute Gasteiger partial charge is 0.330 e. The molecule has 1 fully saturated rings. The van der Waals surface area contributed by atoms with E-state index < -0.39 is 44.3 Å². The van der Waals surface area contributed by atoms with Gasteiger partial charge in [0.05, 0.1) is 24.8 Å². The molecular weight excluding hydrogens is 886 g/mol. The molecule has 0 spiro atoms. The van der Waals surface area contributed by atoms with E-state index in [0.29, 0.717) is 0 Å². The SMILES string of the molecule is CCCCC/C=C\C/C=C\CCCCCCCCC(CCCCCCCC/C=C\C/C=C\CCCCC)=NOC[C@H]1O[C@@H](n2ccc(=O)[nH]c2=O)C(OC)C1OP(OCCC#N)N(C(C)C)C(C)C. The minimum atomic E-state index is -1.69. The summed E-state index contributed by atoms with van der Waals surface area (Å²) in [5.74, 6) is 0. The maximum Gasteiger partial charge on any atom is 0.330 e. The van der Waals surface area contributed by atoms with Crippen LogP contribution in [0.5, 0.6) is 0 Å². The van der Waals surface area contributed by atoms with E-state index in [1.807, 2.05) is 0 Å². The van der Waals surface area contributed by atoms with Crippen LogP contribution in [-0.2, 0) is 23.4 Å². The van der Waals surface area contributed by atoms with Crippen molar-refractivity contribution in [3.05, 3.63) is 81.7 Å². The molecule has 1 saturated heterocycles. The van der Waals surface area contributed by atoms with Crippen molar-refractivity contribution in [1.29, 1.82) is 5.26 Å². The zero-order valence-electron chi connectivity index (χ0n) is 44.3. The lowest BCUT2D eigenvalue weighted by atomic mass is 10.0. The second-order valence-electron chi connectivity index (χ2n) is 19.0. The summed E-state index contributed by atoms with van der Waals surface area (Å²) in [6, 6.07) is 3.58. The predicted octanol–water partition coefficient (Wildman–Crippen LogP) is 14.9. The monoisotopic (exact) mass is 982 g/mol. The molecule has 69 heavy (non-hydrogen) atoms. The molecule has 3 unspecified atom stereocenters. The number of methoxy groups -OCH3 is 1. The highest BCUT2D eigenvalue weighted by atomic mass is 31.2. The van der Waals surface area contributed by atoms with Crippen molar-refractivity contribution < 1.29 is 23.4 Å². The highest BCUT2D eigenvalue weighted by Gasteiger charge is 2.50. The average molecular weight is 982 g/mol. The van der Waals surface area contributed by atoms with Crippen molar-refractivity contribution in [2.75, 3.05) is 20.3 Å². The largest absolute Gasteiger partial charge is 0.393 e. The van der Waals surface area contributed by atoms with Crippen LogP contribution in [0.15, 0.2) is 75.6 Å². The molecule has 0 radical (unpaired) electrons. The van der Waals surface area contributed by atoms with Gasteiger partial charge in [-0.15, -0.1) is 0 Å². The normalized spacial score (nSPS) is 18.0. The summed E-state index contributed by atoms with van der Waals surface area (Å²) in [6.45, 7) is 13.1. The Hall–Kier alpha value is -3.17. The van der Waals surface area contributed by atoms with Gasteiger partial charge in [0, 0.05) is 31.5 Å². The molecule has 0 aromatic carbocycles. The van der Waals surface area contributed by atoms with Crippen LogP contribution >= 0.6 is 8.53 Å². The molecule has 1 aromatic rings. The quantitative estimate of drug-likeness (QED) is 0.0223. The topological polar surface area (TPSA) is 140 Å². The fourth-order valence-electron chi connectivity index (χ4n) is 8.52. The van der Waals surface area contributed by atoms with E-state index >= 15 is 0 Å². The molecule has 2 heterocycles. The van der Waals surface area contributed by atoms with E-state index in [4.69, 9.17) is 28.5 Å². The predicted molar refractivity (Wildman–Crippen MR) is 287 cm³/mol. The first-order chi connectivity index (χ1) is 33.7. The molecule has 12 nitrogen and oxygen atoms in total. The number of nitrogens with zero attached hydrogens (tertiary/aromatic N) is 4. The molecule has 392 valence electrons. The molecule has 2 rings (SSSR count). The Labute approximate surface area is 420 Å². The summed E-state index contributed by atoms with van der Waals surface area (Å²) in [5, 5.41) is 14.1. The molecule has 0 bridgehead atoms. The highest BCUT2D eigenvalue weighted by molar-refractivity contribution is 7.44. The number of nitrogens with one attached hydrogen (secondary N) is 1. The number of allylic oxidation sites excluding steroid dienone is 8. The molecule has 0 aliphatic carbocycles. The Bertz CT molecular complexity index is 1680. The van der Waals surface area contributed by atoms with Crippen LogP contribution in [0, 0.1) is 11.3 Å². The van der Waals surface area contributed by atoms with Crippen LogP contribution in [0.25, 0.3) is 0 Å². The third-order valence-electron chi connectivity index (χ3n) is 12.3. The van der Waals surface area contributed by atoms with Crippen LogP contribution in [-0.4, -0.2) is 70.7 Å². The zero-order valence-corrected chi connectivity index (χ0v) is 45.2. The van der Waals surface area contributed by atoms with Gasteiger partial charge < -0.3 is 23.4 Å². The van der Waals surface area contributed by atoms with Crippen LogP contribution < -0.4 is 11.2 Å². The van der Waals surface area contributed by atoms with Gasteiger partial charge in [0.2, 0.25) is 0 Å². The van der Waals surface area contributed by atoms with Gasteiger partial charge in [-0.2, -0.15) is 5.26 Å². The van der Waals surface area contributed by atoms with Gasteiger partial charge in [-0.05, 0) is 118 Å². The van der Waals surface area contributed by atoms with E-state index in [1.165, 1.54) is 120 Å². The van der Waals surface area contributed by atoms with Gasteiger partial charge in [-0.25, -0.2) is 9.46 Å². The molecule has 1 N–H and O–H groups in total. The number of unbranched alkanes of at least 4 members (excludes halogenated alkanes) is 18. The number of aromatic nitrogens is 2.